The monoisotopic (exact) mass is 577 g/mol. The van der Waals surface area contributed by atoms with Crippen molar-refractivity contribution in [2.75, 3.05) is 13.2 Å². The maximum absolute atomic E-state index is 13.6. The number of benzene rings is 1. The zero-order chi connectivity index (χ0) is 29.9. The topological polar surface area (TPSA) is 80.0 Å². The highest BCUT2D eigenvalue weighted by molar-refractivity contribution is 6.08. The maximum atomic E-state index is 13.6. The summed E-state index contributed by atoms with van der Waals surface area (Å²) < 4.78 is 92.6. The number of carbonyl (C=O) groups excluding carboxylic acids is 2. The van der Waals surface area contributed by atoms with Crippen molar-refractivity contribution in [1.29, 1.82) is 0 Å². The van der Waals surface area contributed by atoms with E-state index >= 15 is 0 Å². The maximum Gasteiger partial charge on any atom is 0.430 e. The van der Waals surface area contributed by atoms with Crippen molar-refractivity contribution in [3.05, 3.63) is 53.0 Å². The molecule has 6 nitrogen and oxygen atoms in total. The number of aliphatic hydroxyl groups is 1. The van der Waals surface area contributed by atoms with Crippen LogP contribution in [0.2, 0.25) is 0 Å². The number of unbranched alkanes of at least 4 members (excludes halogenated alkanes) is 1. The molecule has 3 rings (SSSR count). The van der Waals surface area contributed by atoms with Crippen LogP contribution >= 0.6 is 0 Å². The lowest BCUT2D eigenvalue weighted by atomic mass is 9.86. The Morgan fingerprint density at radius 3 is 2.05 bits per heavy atom. The Kier molecular flexibility index (Phi) is 9.33. The SMILES string of the molecule is CCCc1cc(C(O)(C(F)(F)F)C(F)(F)F)cc(CCC)c1OCCCCN1C(=O)CC(C)(c2ccco2)C1=O. The third kappa shape index (κ3) is 5.87. The van der Waals surface area contributed by atoms with Gasteiger partial charge in [0.15, 0.2) is 0 Å². The fraction of sp³-hybridized carbons (Fsp3) is 0.571. The molecule has 0 bridgehead atoms. The molecule has 0 spiro atoms. The number of amides is 2. The minimum absolute atomic E-state index is 0.0227. The van der Waals surface area contributed by atoms with Crippen LogP contribution in [0.5, 0.6) is 5.75 Å². The molecule has 0 radical (unpaired) electrons. The lowest BCUT2D eigenvalue weighted by Gasteiger charge is -2.33. The number of ether oxygens (including phenoxy) is 1. The first-order chi connectivity index (χ1) is 18.6. The minimum atomic E-state index is -5.99. The van der Waals surface area contributed by atoms with E-state index < -0.39 is 28.9 Å². The second-order valence-electron chi connectivity index (χ2n) is 10.2. The molecule has 1 aromatic carbocycles. The summed E-state index contributed by atoms with van der Waals surface area (Å²) in [6.07, 6.45) is -8.74. The fourth-order valence-corrected chi connectivity index (χ4v) is 4.99. The molecule has 222 valence electrons. The number of hydrogen-bond donors (Lipinski definition) is 1. The summed E-state index contributed by atoms with van der Waals surface area (Å²) in [6.45, 7) is 5.26. The van der Waals surface area contributed by atoms with E-state index in [-0.39, 0.29) is 61.1 Å². The van der Waals surface area contributed by atoms with Gasteiger partial charge in [-0.15, -0.1) is 0 Å². The summed E-state index contributed by atoms with van der Waals surface area (Å²) in [6, 6.07) is 4.71. The van der Waals surface area contributed by atoms with Crippen LogP contribution in [0.1, 0.15) is 75.3 Å². The zero-order valence-corrected chi connectivity index (χ0v) is 22.5. The summed E-state index contributed by atoms with van der Waals surface area (Å²) in [4.78, 5) is 26.6. The Morgan fingerprint density at radius 2 is 1.57 bits per heavy atom. The second kappa shape index (κ2) is 11.8. The summed E-state index contributed by atoms with van der Waals surface area (Å²) in [5.74, 6) is -0.119. The summed E-state index contributed by atoms with van der Waals surface area (Å²) in [5, 5.41) is 9.97. The number of aryl methyl sites for hydroxylation is 2. The number of imide groups is 1. The van der Waals surface area contributed by atoms with Crippen LogP contribution in [0.25, 0.3) is 0 Å². The van der Waals surface area contributed by atoms with E-state index in [0.717, 1.165) is 17.0 Å². The Labute approximate surface area is 228 Å². The van der Waals surface area contributed by atoms with Crippen LogP contribution in [-0.4, -0.2) is 47.3 Å². The molecule has 1 aliphatic heterocycles. The van der Waals surface area contributed by atoms with Gasteiger partial charge in [0.25, 0.3) is 5.60 Å². The van der Waals surface area contributed by atoms with E-state index in [4.69, 9.17) is 9.15 Å². The molecule has 0 aliphatic carbocycles. The van der Waals surface area contributed by atoms with Gasteiger partial charge in [0, 0.05) is 18.5 Å². The molecule has 40 heavy (non-hydrogen) atoms. The van der Waals surface area contributed by atoms with E-state index in [1.807, 2.05) is 0 Å². The number of carbonyl (C=O) groups is 2. The van der Waals surface area contributed by atoms with Crippen LogP contribution in [0, 0.1) is 0 Å². The Balaban J connectivity index is 1.76. The number of hydrogen-bond acceptors (Lipinski definition) is 5. The van der Waals surface area contributed by atoms with Crippen LogP contribution in [-0.2, 0) is 33.4 Å². The van der Waals surface area contributed by atoms with Crippen molar-refractivity contribution in [3.63, 3.8) is 0 Å². The van der Waals surface area contributed by atoms with E-state index in [1.54, 1.807) is 32.9 Å². The zero-order valence-electron chi connectivity index (χ0n) is 22.5. The molecule has 2 heterocycles. The van der Waals surface area contributed by atoms with Crippen LogP contribution < -0.4 is 4.74 Å². The van der Waals surface area contributed by atoms with Crippen molar-refractivity contribution >= 4 is 11.8 Å². The molecule has 1 atom stereocenters. The van der Waals surface area contributed by atoms with Crippen molar-refractivity contribution in [2.24, 2.45) is 0 Å². The van der Waals surface area contributed by atoms with Gasteiger partial charge in [0.05, 0.1) is 12.9 Å². The number of alkyl halides is 6. The van der Waals surface area contributed by atoms with Crippen LogP contribution in [0.3, 0.4) is 0 Å². The molecular weight excluding hydrogens is 544 g/mol. The first-order valence-corrected chi connectivity index (χ1v) is 13.2. The van der Waals surface area contributed by atoms with Gasteiger partial charge in [-0.05, 0) is 68.0 Å². The Bertz CT molecular complexity index is 1150. The molecular formula is C28H33F6NO5. The number of rotatable bonds is 12. The van der Waals surface area contributed by atoms with Crippen molar-refractivity contribution in [3.8, 4) is 5.75 Å². The molecule has 1 unspecified atom stereocenters. The largest absolute Gasteiger partial charge is 0.493 e. The minimum Gasteiger partial charge on any atom is -0.493 e. The molecule has 12 heteroatoms. The number of nitrogens with zero attached hydrogens (tertiary/aromatic N) is 1. The van der Waals surface area contributed by atoms with E-state index in [0.29, 0.717) is 31.4 Å². The van der Waals surface area contributed by atoms with Gasteiger partial charge in [0.1, 0.15) is 16.9 Å². The number of halogens is 6. The Morgan fingerprint density at radius 1 is 1.00 bits per heavy atom. The Hall–Kier alpha value is -3.02. The highest BCUT2D eigenvalue weighted by atomic mass is 19.4. The number of furan rings is 1. The predicted molar refractivity (Wildman–Crippen MR) is 133 cm³/mol. The lowest BCUT2D eigenvalue weighted by Crippen LogP contribution is -2.54. The molecule has 1 saturated heterocycles. The van der Waals surface area contributed by atoms with Gasteiger partial charge in [-0.1, -0.05) is 26.7 Å². The molecule has 1 aliphatic rings. The molecule has 2 amide bonds. The predicted octanol–water partition coefficient (Wildman–Crippen LogP) is 6.37. The van der Waals surface area contributed by atoms with Gasteiger partial charge < -0.3 is 14.3 Å². The van der Waals surface area contributed by atoms with Crippen LogP contribution in [0.15, 0.2) is 34.9 Å². The average molecular weight is 578 g/mol. The fourth-order valence-electron chi connectivity index (χ4n) is 4.99. The van der Waals surface area contributed by atoms with Crippen LogP contribution in [0.4, 0.5) is 26.3 Å². The molecule has 1 aromatic heterocycles. The molecule has 0 saturated carbocycles. The van der Waals surface area contributed by atoms with Crippen molar-refractivity contribution in [2.45, 2.75) is 89.1 Å². The third-order valence-electron chi connectivity index (χ3n) is 7.13. The second-order valence-corrected chi connectivity index (χ2v) is 10.2. The molecule has 2 aromatic rings. The van der Waals surface area contributed by atoms with Crippen molar-refractivity contribution < 1.29 is 50.2 Å². The number of likely N-dealkylation sites (tertiary alicyclic amines) is 1. The van der Waals surface area contributed by atoms with E-state index in [1.165, 1.54) is 6.26 Å². The van der Waals surface area contributed by atoms with E-state index in [2.05, 4.69) is 0 Å². The first kappa shape index (κ1) is 31.5. The quantitative estimate of drug-likeness (QED) is 0.180. The van der Waals surface area contributed by atoms with Gasteiger partial charge in [-0.2, -0.15) is 26.3 Å². The highest BCUT2D eigenvalue weighted by Gasteiger charge is 2.71. The standard InChI is InChI=1S/C28H33F6NO5/c1-4-9-18-15-20(26(38,27(29,30)31)28(32,33)34)16-19(10-5-2)23(18)40-13-7-6-12-35-22(36)17-25(3,24(35)37)21-11-8-14-39-21/h8,11,14-16,38H,4-7,9-10,12-13,17H2,1-3H3. The van der Waals surface area contributed by atoms with Gasteiger partial charge in [-0.3, -0.25) is 14.5 Å². The smallest absolute Gasteiger partial charge is 0.430 e. The van der Waals surface area contributed by atoms with Gasteiger partial charge in [0.2, 0.25) is 11.8 Å². The summed E-state index contributed by atoms with van der Waals surface area (Å²) in [7, 11) is 0. The molecule has 1 fully saturated rings. The normalized spacial score (nSPS) is 18.6. The van der Waals surface area contributed by atoms with E-state index in [9.17, 15) is 41.0 Å². The third-order valence-corrected chi connectivity index (χ3v) is 7.13. The summed E-state index contributed by atoms with van der Waals surface area (Å²) >= 11 is 0. The van der Waals surface area contributed by atoms with Gasteiger partial charge in [-0.25, -0.2) is 0 Å². The molecule has 1 N–H and O–H groups in total. The lowest BCUT2D eigenvalue weighted by molar-refractivity contribution is -0.376. The van der Waals surface area contributed by atoms with Crippen molar-refractivity contribution in [1.82, 2.24) is 4.90 Å². The first-order valence-electron chi connectivity index (χ1n) is 13.2. The van der Waals surface area contributed by atoms with Gasteiger partial charge >= 0.3 is 12.4 Å². The average Bonchev–Trinajstić information content (AvgIpc) is 3.47. The highest BCUT2D eigenvalue weighted by Crippen LogP contribution is 2.51. The summed E-state index contributed by atoms with van der Waals surface area (Å²) in [5.41, 5.74) is -7.14.